The summed E-state index contributed by atoms with van der Waals surface area (Å²) in [5, 5.41) is 42.9. The van der Waals surface area contributed by atoms with Gasteiger partial charge in [0.05, 0.1) is 6.10 Å². The van der Waals surface area contributed by atoms with Gasteiger partial charge in [0.1, 0.15) is 44.4 Å². The van der Waals surface area contributed by atoms with Gasteiger partial charge in [-0.1, -0.05) is 0 Å². The molecule has 0 saturated carbocycles. The molecule has 0 unspecified atom stereocenters. The van der Waals surface area contributed by atoms with Crippen LogP contribution in [0.3, 0.4) is 0 Å². The van der Waals surface area contributed by atoms with E-state index in [4.69, 9.17) is 45.1 Å². The highest BCUT2D eigenvalue weighted by atomic mass is 31.2. The lowest BCUT2D eigenvalue weighted by atomic mass is 10.1. The van der Waals surface area contributed by atoms with Crippen LogP contribution < -0.4 is 0 Å². The maximum atomic E-state index is 10.9. The Hall–Kier alpha value is -0.970. The second kappa shape index (κ2) is 16.7. The summed E-state index contributed by atoms with van der Waals surface area (Å²) in [6, 6.07) is 0. The number of hydrogen-bond acceptors (Lipinski definition) is 12. The van der Waals surface area contributed by atoms with Crippen LogP contribution in [0, 0.1) is 0 Å². The Kier molecular flexibility index (Phi) is 18.7. The summed E-state index contributed by atoms with van der Waals surface area (Å²) >= 11 is 0. The van der Waals surface area contributed by atoms with Crippen molar-refractivity contribution in [2.75, 3.05) is 19.8 Å². The van der Waals surface area contributed by atoms with Crippen LogP contribution in [-0.2, 0) is 32.6 Å². The monoisotopic (exact) mass is 488 g/mol. The first-order valence-electron chi connectivity index (χ1n) is 7.60. The highest BCUT2D eigenvalue weighted by Crippen LogP contribution is 2.35. The van der Waals surface area contributed by atoms with Crippen molar-refractivity contribution in [3.63, 3.8) is 0 Å². The molecule has 0 saturated heterocycles. The molecule has 16 nitrogen and oxygen atoms in total. The van der Waals surface area contributed by atoms with E-state index in [2.05, 4.69) is 9.05 Å². The second-order valence-corrected chi connectivity index (χ2v) is 7.72. The summed E-state index contributed by atoms with van der Waals surface area (Å²) in [6.07, 6.45) is -5.34. The average molecular weight is 488 g/mol. The van der Waals surface area contributed by atoms with Crippen molar-refractivity contribution in [3.8, 4) is 0 Å². The topological polar surface area (TPSA) is 286 Å². The van der Waals surface area contributed by atoms with Crippen LogP contribution in [0.25, 0.3) is 0 Å². The Morgan fingerprint density at radius 1 is 0.900 bits per heavy atom. The summed E-state index contributed by atoms with van der Waals surface area (Å²) in [5.74, 6) is -1.91. The number of Topliss-reactive ketones (excluding diaryl/α,β-unsaturated/α-hetero) is 2. The number of phosphoric ester groups is 2. The molecule has 0 aromatic carbocycles. The zero-order chi connectivity index (χ0) is 24.7. The molecule has 9 N–H and O–H groups in total. The molecular weight excluding hydrogens is 462 g/mol. The number of carbonyl (C=O) groups excluding carboxylic acids is 3. The molecule has 0 bridgehead atoms. The largest absolute Gasteiger partial charge is 0.470 e. The normalized spacial score (nSPS) is 15.3. The van der Waals surface area contributed by atoms with Gasteiger partial charge in [0.15, 0.2) is 11.6 Å². The fourth-order valence-electron chi connectivity index (χ4n) is 0.889. The Bertz CT molecular complexity index is 593. The summed E-state index contributed by atoms with van der Waals surface area (Å²) < 4.78 is 27.6. The molecule has 0 fully saturated rings. The molecule has 30 heavy (non-hydrogen) atoms. The number of aliphatic hydroxyl groups is 5. The molecule has 0 aromatic rings. The fourth-order valence-corrected chi connectivity index (χ4v) is 1.50. The van der Waals surface area contributed by atoms with E-state index in [9.17, 15) is 23.5 Å². The Morgan fingerprint density at radius 2 is 1.27 bits per heavy atom. The van der Waals surface area contributed by atoms with Crippen molar-refractivity contribution in [3.05, 3.63) is 0 Å². The van der Waals surface area contributed by atoms with Gasteiger partial charge < -0.3 is 49.9 Å². The van der Waals surface area contributed by atoms with Gasteiger partial charge >= 0.3 is 15.6 Å². The van der Waals surface area contributed by atoms with Gasteiger partial charge in [0, 0.05) is 0 Å². The van der Waals surface area contributed by atoms with Crippen LogP contribution in [-0.4, -0.2) is 107 Å². The van der Waals surface area contributed by atoms with Crippen molar-refractivity contribution in [1.29, 1.82) is 0 Å². The summed E-state index contributed by atoms with van der Waals surface area (Å²) in [4.78, 5) is 62.9. The maximum Gasteiger partial charge on any atom is 0.470 e. The highest BCUT2D eigenvalue weighted by molar-refractivity contribution is 7.46. The predicted molar refractivity (Wildman–Crippen MR) is 94.5 cm³/mol. The van der Waals surface area contributed by atoms with Crippen LogP contribution in [0.4, 0.5) is 0 Å². The van der Waals surface area contributed by atoms with Gasteiger partial charge in [-0.05, 0) is 13.8 Å². The molecule has 180 valence electrons. The molecule has 4 atom stereocenters. The van der Waals surface area contributed by atoms with Crippen molar-refractivity contribution in [1.82, 2.24) is 0 Å². The lowest BCUT2D eigenvalue weighted by molar-refractivity contribution is -0.140. The summed E-state index contributed by atoms with van der Waals surface area (Å²) in [6.45, 7) is -0.0337. The number of hydrogen-bond donors (Lipinski definition) is 9. The lowest BCUT2D eigenvalue weighted by Gasteiger charge is -2.18. The maximum absolute atomic E-state index is 10.9. The average Bonchev–Trinajstić information content (AvgIpc) is 2.62. The molecular formula is C12H26O16P2. The summed E-state index contributed by atoms with van der Waals surface area (Å²) in [5.41, 5.74) is 0. The third-order valence-electron chi connectivity index (χ3n) is 2.29. The molecule has 0 aliphatic carbocycles. The molecule has 0 heterocycles. The van der Waals surface area contributed by atoms with Crippen molar-refractivity contribution in [2.45, 2.75) is 38.3 Å². The Balaban J connectivity index is -0.000000417. The minimum absolute atomic E-state index is 0.472. The van der Waals surface area contributed by atoms with Gasteiger partial charge in [0.2, 0.25) is 0 Å². The molecule has 0 radical (unpaired) electrons. The first-order valence-corrected chi connectivity index (χ1v) is 10.7. The molecule has 0 aliphatic rings. The van der Waals surface area contributed by atoms with Crippen molar-refractivity contribution in [2.24, 2.45) is 0 Å². The van der Waals surface area contributed by atoms with Gasteiger partial charge in [-0.3, -0.25) is 18.6 Å². The quantitative estimate of drug-likeness (QED) is 0.0988. The number of carbonyl (C=O) groups is 3. The molecule has 0 amide bonds. The van der Waals surface area contributed by atoms with Gasteiger partial charge in [-0.15, -0.1) is 0 Å². The van der Waals surface area contributed by atoms with E-state index in [1.807, 2.05) is 0 Å². The molecule has 0 rings (SSSR count). The van der Waals surface area contributed by atoms with E-state index < -0.39 is 71.4 Å². The number of ketones is 2. The fraction of sp³-hybridized carbons (Fsp3) is 0.750. The standard InChI is InChI=1S/C6H13O8P.C3H7O6P.C3H6O2/c1-3(7)5(9)6(10)4(8)2-14-15(11,12)13;4-1-3(5)2-9-10(6,7)8;1-3(5)2-4/h3,5-7,9-10H,2H2,1H3,(H2,11,12,13);4H,1-2H2,(H2,6,7,8);2-3,5H,1H3/t3-,5-,6-;;3-/m0.0/s1. The van der Waals surface area contributed by atoms with E-state index in [0.29, 0.717) is 6.29 Å². The highest BCUT2D eigenvalue weighted by Gasteiger charge is 2.29. The van der Waals surface area contributed by atoms with E-state index >= 15 is 0 Å². The number of aldehydes is 1. The third kappa shape index (κ3) is 25.1. The predicted octanol–water partition coefficient (Wildman–Crippen LogP) is -4.01. The van der Waals surface area contributed by atoms with E-state index in [1.54, 1.807) is 0 Å². The van der Waals surface area contributed by atoms with Crippen LogP contribution >= 0.6 is 15.6 Å². The molecule has 18 heteroatoms. The second-order valence-electron chi connectivity index (χ2n) is 5.24. The minimum atomic E-state index is -4.79. The first kappa shape index (κ1) is 33.7. The van der Waals surface area contributed by atoms with Crippen molar-refractivity contribution < 1.29 is 77.7 Å². The lowest BCUT2D eigenvalue weighted by Crippen LogP contribution is -2.42. The minimum Gasteiger partial charge on any atom is -0.391 e. The van der Waals surface area contributed by atoms with E-state index in [-0.39, 0.29) is 0 Å². The van der Waals surface area contributed by atoms with Crippen LogP contribution in [0.15, 0.2) is 0 Å². The zero-order valence-electron chi connectivity index (χ0n) is 15.8. The summed E-state index contributed by atoms with van der Waals surface area (Å²) in [7, 11) is -9.35. The van der Waals surface area contributed by atoms with Crippen molar-refractivity contribution >= 4 is 33.5 Å². The van der Waals surface area contributed by atoms with E-state index in [1.165, 1.54) is 6.92 Å². The molecule has 0 spiro atoms. The van der Waals surface area contributed by atoms with E-state index in [0.717, 1.165) is 6.92 Å². The SMILES string of the molecule is C[C@H](O)C=O.C[C@H](O)[C@H](O)[C@@H](O)C(=O)COP(=O)(O)O.O=C(CO)COP(=O)(O)O. The Labute approximate surface area is 170 Å². The first-order chi connectivity index (χ1) is 13.4. The van der Waals surface area contributed by atoms with Gasteiger partial charge in [-0.2, -0.15) is 0 Å². The molecule has 0 aromatic heterocycles. The van der Waals surface area contributed by atoms with Crippen LogP contribution in [0.5, 0.6) is 0 Å². The number of rotatable bonds is 11. The molecule has 0 aliphatic heterocycles. The third-order valence-corrected chi connectivity index (χ3v) is 3.22. The number of phosphoric acid groups is 2. The zero-order valence-corrected chi connectivity index (χ0v) is 17.6. The number of aliphatic hydroxyl groups excluding tert-OH is 5. The smallest absolute Gasteiger partial charge is 0.391 e. The van der Waals surface area contributed by atoms with Gasteiger partial charge in [-0.25, -0.2) is 9.13 Å². The van der Waals surface area contributed by atoms with Gasteiger partial charge in [0.25, 0.3) is 0 Å². The van der Waals surface area contributed by atoms with Crippen LogP contribution in [0.1, 0.15) is 13.8 Å². The Morgan fingerprint density at radius 3 is 1.53 bits per heavy atom. The van der Waals surface area contributed by atoms with Crippen LogP contribution in [0.2, 0.25) is 0 Å².